The minimum Gasteiger partial charge on any atom is -0.490 e. The quantitative estimate of drug-likeness (QED) is 0.600. The molecule has 0 radical (unpaired) electrons. The summed E-state index contributed by atoms with van der Waals surface area (Å²) in [7, 11) is 0. The van der Waals surface area contributed by atoms with E-state index in [4.69, 9.17) is 18.6 Å². The van der Waals surface area contributed by atoms with Gasteiger partial charge in [0.25, 0.3) is 11.8 Å². The number of amides is 2. The second kappa shape index (κ2) is 11.5. The zero-order valence-corrected chi connectivity index (χ0v) is 19.0. The van der Waals surface area contributed by atoms with Gasteiger partial charge in [0, 0.05) is 25.2 Å². The summed E-state index contributed by atoms with van der Waals surface area (Å²) in [5.74, 6) is 1.62. The molecule has 1 N–H and O–H groups in total. The van der Waals surface area contributed by atoms with Crippen molar-refractivity contribution in [3.63, 3.8) is 0 Å². The molecule has 1 aliphatic heterocycles. The SMILES string of the molecule is CCOc1cc(C(=O)NCC2CCN(C(=O)c3ccoc3)CC2)cc(OCC)c1OCC. The zero-order valence-electron chi connectivity index (χ0n) is 19.0. The fraction of sp³-hybridized carbons (Fsp3) is 0.500. The molecule has 2 heterocycles. The number of ether oxygens (including phenoxy) is 3. The van der Waals surface area contributed by atoms with Crippen LogP contribution in [0.3, 0.4) is 0 Å². The molecular formula is C24H32N2O6. The molecule has 1 aromatic heterocycles. The first kappa shape index (κ1) is 23.5. The van der Waals surface area contributed by atoms with Gasteiger partial charge in [0.15, 0.2) is 11.5 Å². The van der Waals surface area contributed by atoms with Crippen LogP contribution in [0.15, 0.2) is 35.1 Å². The second-order valence-corrected chi connectivity index (χ2v) is 7.56. The molecule has 0 atom stereocenters. The Balaban J connectivity index is 1.59. The van der Waals surface area contributed by atoms with Gasteiger partial charge in [-0.25, -0.2) is 0 Å². The minimum absolute atomic E-state index is 0.0115. The van der Waals surface area contributed by atoms with Gasteiger partial charge in [0.1, 0.15) is 6.26 Å². The van der Waals surface area contributed by atoms with E-state index in [2.05, 4.69) is 5.32 Å². The normalized spacial score (nSPS) is 14.2. The Labute approximate surface area is 188 Å². The van der Waals surface area contributed by atoms with Gasteiger partial charge in [0.05, 0.1) is 31.6 Å². The maximum Gasteiger partial charge on any atom is 0.257 e. The first-order chi connectivity index (χ1) is 15.6. The summed E-state index contributed by atoms with van der Waals surface area (Å²) in [5, 5.41) is 3.02. The highest BCUT2D eigenvalue weighted by molar-refractivity contribution is 5.95. The van der Waals surface area contributed by atoms with Crippen LogP contribution >= 0.6 is 0 Å². The van der Waals surface area contributed by atoms with Crippen LogP contribution in [-0.2, 0) is 0 Å². The molecule has 0 aliphatic carbocycles. The van der Waals surface area contributed by atoms with Gasteiger partial charge in [-0.3, -0.25) is 9.59 Å². The number of rotatable bonds is 10. The zero-order chi connectivity index (χ0) is 22.9. The first-order valence-electron chi connectivity index (χ1n) is 11.2. The van der Waals surface area contributed by atoms with Crippen molar-refractivity contribution in [2.24, 2.45) is 5.92 Å². The maximum atomic E-state index is 12.9. The Morgan fingerprint density at radius 1 is 1.00 bits per heavy atom. The number of nitrogens with zero attached hydrogens (tertiary/aromatic N) is 1. The van der Waals surface area contributed by atoms with E-state index in [9.17, 15) is 9.59 Å². The molecule has 2 aromatic rings. The van der Waals surface area contributed by atoms with Crippen molar-refractivity contribution in [1.29, 1.82) is 0 Å². The lowest BCUT2D eigenvalue weighted by molar-refractivity contribution is 0.0683. The van der Waals surface area contributed by atoms with E-state index < -0.39 is 0 Å². The van der Waals surface area contributed by atoms with Crippen LogP contribution in [0.5, 0.6) is 17.2 Å². The van der Waals surface area contributed by atoms with Crippen LogP contribution in [0, 0.1) is 5.92 Å². The van der Waals surface area contributed by atoms with Gasteiger partial charge in [0.2, 0.25) is 5.75 Å². The lowest BCUT2D eigenvalue weighted by Crippen LogP contribution is -2.41. The average Bonchev–Trinajstić information content (AvgIpc) is 3.34. The van der Waals surface area contributed by atoms with E-state index in [1.165, 1.54) is 12.5 Å². The average molecular weight is 445 g/mol. The van der Waals surface area contributed by atoms with Crippen molar-refractivity contribution in [3.8, 4) is 17.2 Å². The van der Waals surface area contributed by atoms with Crippen molar-refractivity contribution in [1.82, 2.24) is 10.2 Å². The molecule has 3 rings (SSSR count). The summed E-state index contributed by atoms with van der Waals surface area (Å²) >= 11 is 0. The Morgan fingerprint density at radius 3 is 2.16 bits per heavy atom. The molecule has 1 aromatic carbocycles. The number of carbonyl (C=O) groups is 2. The molecule has 0 saturated carbocycles. The summed E-state index contributed by atoms with van der Waals surface area (Å²) in [6.45, 7) is 8.90. The molecule has 2 amide bonds. The molecule has 32 heavy (non-hydrogen) atoms. The van der Waals surface area contributed by atoms with E-state index in [-0.39, 0.29) is 11.8 Å². The maximum absolute atomic E-state index is 12.9. The summed E-state index contributed by atoms with van der Waals surface area (Å²) in [4.78, 5) is 27.1. The number of likely N-dealkylation sites (tertiary alicyclic amines) is 1. The molecule has 1 saturated heterocycles. The number of furan rings is 1. The number of hydrogen-bond donors (Lipinski definition) is 1. The van der Waals surface area contributed by atoms with Crippen LogP contribution in [0.2, 0.25) is 0 Å². The lowest BCUT2D eigenvalue weighted by atomic mass is 9.96. The van der Waals surface area contributed by atoms with Crippen molar-refractivity contribution >= 4 is 11.8 Å². The molecule has 8 nitrogen and oxygen atoms in total. The second-order valence-electron chi connectivity index (χ2n) is 7.56. The summed E-state index contributed by atoms with van der Waals surface area (Å²) in [6.07, 6.45) is 4.64. The molecule has 174 valence electrons. The monoisotopic (exact) mass is 444 g/mol. The number of hydrogen-bond acceptors (Lipinski definition) is 6. The van der Waals surface area contributed by atoms with Crippen molar-refractivity contribution in [3.05, 3.63) is 41.9 Å². The van der Waals surface area contributed by atoms with Crippen molar-refractivity contribution < 1.29 is 28.2 Å². The lowest BCUT2D eigenvalue weighted by Gasteiger charge is -2.31. The molecule has 0 unspecified atom stereocenters. The third kappa shape index (κ3) is 5.75. The van der Waals surface area contributed by atoms with E-state index in [0.717, 1.165) is 12.8 Å². The van der Waals surface area contributed by atoms with Crippen LogP contribution in [0.4, 0.5) is 0 Å². The van der Waals surface area contributed by atoms with E-state index >= 15 is 0 Å². The van der Waals surface area contributed by atoms with Gasteiger partial charge in [-0.2, -0.15) is 0 Å². The fourth-order valence-electron chi connectivity index (χ4n) is 3.77. The summed E-state index contributed by atoms with van der Waals surface area (Å²) < 4.78 is 22.1. The van der Waals surface area contributed by atoms with E-state index in [1.807, 2.05) is 25.7 Å². The van der Waals surface area contributed by atoms with Crippen molar-refractivity contribution in [2.45, 2.75) is 33.6 Å². The summed E-state index contributed by atoms with van der Waals surface area (Å²) in [6, 6.07) is 5.07. The van der Waals surface area contributed by atoms with Crippen LogP contribution in [0.25, 0.3) is 0 Å². The number of carbonyl (C=O) groups excluding carboxylic acids is 2. The standard InChI is InChI=1S/C24H32N2O6/c1-4-30-20-13-19(14-21(31-5-2)22(20)32-6-3)23(27)25-15-17-7-10-26(11-8-17)24(28)18-9-12-29-16-18/h9,12-14,16-17H,4-8,10-11,15H2,1-3H3,(H,25,27). The predicted octanol–water partition coefficient (Wildman–Crippen LogP) is 3.76. The highest BCUT2D eigenvalue weighted by Crippen LogP contribution is 2.39. The number of nitrogens with one attached hydrogen (secondary N) is 1. The first-order valence-corrected chi connectivity index (χ1v) is 11.2. The highest BCUT2D eigenvalue weighted by Gasteiger charge is 2.25. The largest absolute Gasteiger partial charge is 0.490 e. The molecular weight excluding hydrogens is 412 g/mol. The van der Waals surface area contributed by atoms with Crippen LogP contribution < -0.4 is 19.5 Å². The van der Waals surface area contributed by atoms with Gasteiger partial charge in [-0.1, -0.05) is 0 Å². The van der Waals surface area contributed by atoms with Gasteiger partial charge < -0.3 is 28.8 Å². The highest BCUT2D eigenvalue weighted by atomic mass is 16.5. The summed E-state index contributed by atoms with van der Waals surface area (Å²) in [5.41, 5.74) is 1.04. The smallest absolute Gasteiger partial charge is 0.257 e. The molecule has 0 bridgehead atoms. The number of benzene rings is 1. The third-order valence-corrected chi connectivity index (χ3v) is 5.39. The van der Waals surface area contributed by atoms with Gasteiger partial charge in [-0.05, 0) is 57.7 Å². The molecule has 1 fully saturated rings. The van der Waals surface area contributed by atoms with Crippen LogP contribution in [-0.4, -0.2) is 56.2 Å². The van der Waals surface area contributed by atoms with Crippen molar-refractivity contribution in [2.75, 3.05) is 39.5 Å². The Morgan fingerprint density at radius 2 is 1.62 bits per heavy atom. The molecule has 8 heteroatoms. The molecule has 0 spiro atoms. The Bertz CT molecular complexity index is 861. The van der Waals surface area contributed by atoms with Crippen LogP contribution in [0.1, 0.15) is 54.3 Å². The predicted molar refractivity (Wildman–Crippen MR) is 120 cm³/mol. The minimum atomic E-state index is -0.188. The van der Waals surface area contributed by atoms with Gasteiger partial charge in [-0.15, -0.1) is 0 Å². The van der Waals surface area contributed by atoms with Gasteiger partial charge >= 0.3 is 0 Å². The van der Waals surface area contributed by atoms with E-state index in [0.29, 0.717) is 73.7 Å². The Kier molecular flexibility index (Phi) is 8.41. The third-order valence-electron chi connectivity index (χ3n) is 5.39. The van der Waals surface area contributed by atoms with E-state index in [1.54, 1.807) is 18.2 Å². The molecule has 1 aliphatic rings. The Hall–Kier alpha value is -3.16. The number of piperidine rings is 1. The topological polar surface area (TPSA) is 90.2 Å². The fourth-order valence-corrected chi connectivity index (χ4v) is 3.77.